The molecule has 2 rings (SSSR count). The van der Waals surface area contributed by atoms with Crippen LogP contribution in [0.4, 0.5) is 0 Å². The number of ether oxygens (including phenoxy) is 2. The van der Waals surface area contributed by atoms with Crippen LogP contribution in [0.1, 0.15) is 10.5 Å². The highest BCUT2D eigenvalue weighted by Crippen LogP contribution is 2.14. The summed E-state index contributed by atoms with van der Waals surface area (Å²) < 4.78 is 11.0. The molecule has 2 amide bonds. The van der Waals surface area contributed by atoms with Gasteiger partial charge in [0.25, 0.3) is 5.91 Å². The molecule has 0 aliphatic heterocycles. The van der Waals surface area contributed by atoms with Crippen molar-refractivity contribution in [1.82, 2.24) is 20.4 Å². The lowest BCUT2D eigenvalue weighted by Crippen LogP contribution is -2.39. The highest BCUT2D eigenvalue weighted by molar-refractivity contribution is 5.95. The van der Waals surface area contributed by atoms with Gasteiger partial charge in [0.2, 0.25) is 5.91 Å². The van der Waals surface area contributed by atoms with Crippen LogP contribution in [-0.4, -0.2) is 54.9 Å². The molecule has 0 saturated heterocycles. The number of rotatable bonds is 7. The van der Waals surface area contributed by atoms with Crippen molar-refractivity contribution in [2.75, 3.05) is 27.3 Å². The Kier molecular flexibility index (Phi) is 6.10. The number of nitrogens with one attached hydrogen (secondary N) is 2. The number of carbonyl (C=O) groups excluding carboxylic acids is 3. The topological polar surface area (TPSA) is 112 Å². The first-order valence-electron chi connectivity index (χ1n) is 7.35. The lowest BCUT2D eigenvalue weighted by atomic mass is 10.3. The fraction of sp³-hybridized carbons (Fsp3) is 0.250. The summed E-state index contributed by atoms with van der Waals surface area (Å²) in [6.07, 6.45) is 1.63. The number of hydrogen-bond acceptors (Lipinski definition) is 6. The fourth-order valence-corrected chi connectivity index (χ4v) is 1.88. The maximum Gasteiger partial charge on any atom is 0.325 e. The minimum atomic E-state index is -0.571. The van der Waals surface area contributed by atoms with Crippen molar-refractivity contribution in [3.63, 3.8) is 0 Å². The van der Waals surface area contributed by atoms with Gasteiger partial charge in [0, 0.05) is 6.20 Å². The van der Waals surface area contributed by atoms with Crippen LogP contribution < -0.4 is 15.4 Å². The lowest BCUT2D eigenvalue weighted by Gasteiger charge is -2.05. The first kappa shape index (κ1) is 18.0. The normalized spacial score (nSPS) is 10.0. The molecule has 0 bridgehead atoms. The van der Waals surface area contributed by atoms with Gasteiger partial charge in [-0.25, -0.2) is 4.68 Å². The summed E-state index contributed by atoms with van der Waals surface area (Å²) in [6.45, 7) is -0.525. The molecule has 2 aromatic rings. The number of methoxy groups -OCH3 is 2. The number of carbonyl (C=O) groups is 3. The molecule has 1 heterocycles. The Balaban J connectivity index is 1.89. The van der Waals surface area contributed by atoms with Crippen molar-refractivity contribution in [1.29, 1.82) is 0 Å². The molecule has 0 atom stereocenters. The van der Waals surface area contributed by atoms with Crippen molar-refractivity contribution in [3.8, 4) is 11.4 Å². The van der Waals surface area contributed by atoms with E-state index in [0.717, 1.165) is 5.69 Å². The van der Waals surface area contributed by atoms with E-state index in [1.54, 1.807) is 37.6 Å². The molecule has 9 heteroatoms. The Morgan fingerprint density at radius 1 is 1.04 bits per heavy atom. The molecule has 25 heavy (non-hydrogen) atoms. The van der Waals surface area contributed by atoms with E-state index in [2.05, 4.69) is 20.5 Å². The summed E-state index contributed by atoms with van der Waals surface area (Å²) in [7, 11) is 2.79. The SMILES string of the molecule is COC(=O)CNC(=O)CNC(=O)c1ccn(-c2ccc(OC)cc2)n1. The first-order valence-corrected chi connectivity index (χ1v) is 7.35. The molecule has 0 unspecified atom stereocenters. The Labute approximate surface area is 143 Å². The molecular formula is C16H18N4O5. The van der Waals surface area contributed by atoms with Gasteiger partial charge in [-0.2, -0.15) is 5.10 Å². The summed E-state index contributed by atoms with van der Waals surface area (Å²) in [5, 5.41) is 8.90. The van der Waals surface area contributed by atoms with E-state index < -0.39 is 17.8 Å². The second-order valence-corrected chi connectivity index (χ2v) is 4.88. The molecular weight excluding hydrogens is 328 g/mol. The van der Waals surface area contributed by atoms with Gasteiger partial charge in [-0.15, -0.1) is 0 Å². The maximum atomic E-state index is 12.0. The van der Waals surface area contributed by atoms with E-state index in [1.165, 1.54) is 17.9 Å². The lowest BCUT2D eigenvalue weighted by molar-refractivity contribution is -0.141. The van der Waals surface area contributed by atoms with E-state index in [9.17, 15) is 14.4 Å². The van der Waals surface area contributed by atoms with Crippen molar-refractivity contribution in [2.45, 2.75) is 0 Å². The van der Waals surface area contributed by atoms with Gasteiger partial charge in [-0.3, -0.25) is 14.4 Å². The molecule has 1 aromatic carbocycles. The van der Waals surface area contributed by atoms with Gasteiger partial charge in [-0.1, -0.05) is 0 Å². The zero-order valence-electron chi connectivity index (χ0n) is 13.8. The number of aromatic nitrogens is 2. The average Bonchev–Trinajstić information content (AvgIpc) is 3.14. The quantitative estimate of drug-likeness (QED) is 0.677. The van der Waals surface area contributed by atoms with Crippen LogP contribution >= 0.6 is 0 Å². The highest BCUT2D eigenvalue weighted by Gasteiger charge is 2.12. The second-order valence-electron chi connectivity index (χ2n) is 4.88. The summed E-state index contributed by atoms with van der Waals surface area (Å²) in [5.41, 5.74) is 0.923. The third kappa shape index (κ3) is 5.06. The van der Waals surface area contributed by atoms with Gasteiger partial charge < -0.3 is 20.1 Å². The third-order valence-corrected chi connectivity index (χ3v) is 3.23. The fourth-order valence-electron chi connectivity index (χ4n) is 1.88. The largest absolute Gasteiger partial charge is 0.497 e. The van der Waals surface area contributed by atoms with Gasteiger partial charge in [0.05, 0.1) is 26.5 Å². The molecule has 9 nitrogen and oxygen atoms in total. The van der Waals surface area contributed by atoms with E-state index in [-0.39, 0.29) is 18.8 Å². The molecule has 2 N–H and O–H groups in total. The Morgan fingerprint density at radius 3 is 2.40 bits per heavy atom. The van der Waals surface area contributed by atoms with Crippen molar-refractivity contribution >= 4 is 17.8 Å². The summed E-state index contributed by atoms with van der Waals surface area (Å²) in [5.74, 6) is -0.862. The van der Waals surface area contributed by atoms with Crippen LogP contribution in [0.5, 0.6) is 5.75 Å². The number of hydrogen-bond donors (Lipinski definition) is 2. The van der Waals surface area contributed by atoms with Crippen LogP contribution in [0, 0.1) is 0 Å². The standard InChI is InChI=1S/C16H18N4O5/c1-24-12-5-3-11(4-6-12)20-8-7-13(19-20)16(23)18-9-14(21)17-10-15(22)25-2/h3-8H,9-10H2,1-2H3,(H,17,21)(H,18,23). The molecule has 0 aliphatic carbocycles. The van der Waals surface area contributed by atoms with Crippen LogP contribution in [0.3, 0.4) is 0 Å². The molecule has 0 radical (unpaired) electrons. The van der Waals surface area contributed by atoms with Crippen molar-refractivity contribution in [3.05, 3.63) is 42.2 Å². The van der Waals surface area contributed by atoms with E-state index in [4.69, 9.17) is 4.74 Å². The monoisotopic (exact) mass is 346 g/mol. The third-order valence-electron chi connectivity index (χ3n) is 3.23. The van der Waals surface area contributed by atoms with Crippen LogP contribution in [0.15, 0.2) is 36.5 Å². The van der Waals surface area contributed by atoms with Gasteiger partial charge >= 0.3 is 5.97 Å². The van der Waals surface area contributed by atoms with Crippen LogP contribution in [-0.2, 0) is 14.3 Å². The molecule has 0 fully saturated rings. The summed E-state index contributed by atoms with van der Waals surface area (Å²) >= 11 is 0. The minimum absolute atomic E-state index is 0.164. The number of nitrogens with zero attached hydrogens (tertiary/aromatic N) is 2. The first-order chi connectivity index (χ1) is 12.0. The smallest absolute Gasteiger partial charge is 0.325 e. The van der Waals surface area contributed by atoms with E-state index in [1.807, 2.05) is 0 Å². The zero-order valence-corrected chi connectivity index (χ0v) is 13.8. The number of esters is 1. The van der Waals surface area contributed by atoms with Crippen LogP contribution in [0.2, 0.25) is 0 Å². The van der Waals surface area contributed by atoms with Crippen molar-refractivity contribution in [2.24, 2.45) is 0 Å². The Bertz CT molecular complexity index is 754. The second kappa shape index (κ2) is 8.48. The minimum Gasteiger partial charge on any atom is -0.497 e. The zero-order chi connectivity index (χ0) is 18.2. The van der Waals surface area contributed by atoms with Gasteiger partial charge in [0.1, 0.15) is 12.3 Å². The predicted molar refractivity (Wildman–Crippen MR) is 87.5 cm³/mol. The molecule has 1 aromatic heterocycles. The Hall–Kier alpha value is -3.36. The summed E-state index contributed by atoms with van der Waals surface area (Å²) in [4.78, 5) is 34.4. The van der Waals surface area contributed by atoms with E-state index >= 15 is 0 Å². The molecule has 0 aliphatic rings. The number of amides is 2. The Morgan fingerprint density at radius 2 is 1.76 bits per heavy atom. The molecule has 0 spiro atoms. The maximum absolute atomic E-state index is 12.0. The average molecular weight is 346 g/mol. The number of benzene rings is 1. The molecule has 0 saturated carbocycles. The van der Waals surface area contributed by atoms with Gasteiger partial charge in [-0.05, 0) is 30.3 Å². The van der Waals surface area contributed by atoms with Crippen LogP contribution in [0.25, 0.3) is 5.69 Å². The summed E-state index contributed by atoms with van der Waals surface area (Å²) in [6, 6.07) is 8.69. The van der Waals surface area contributed by atoms with Crippen molar-refractivity contribution < 1.29 is 23.9 Å². The highest BCUT2D eigenvalue weighted by atomic mass is 16.5. The molecule has 132 valence electrons. The van der Waals surface area contributed by atoms with E-state index in [0.29, 0.717) is 5.75 Å². The van der Waals surface area contributed by atoms with Gasteiger partial charge in [0.15, 0.2) is 5.69 Å². The predicted octanol–water partition coefficient (Wildman–Crippen LogP) is -0.100.